The summed E-state index contributed by atoms with van der Waals surface area (Å²) in [5, 5.41) is 3.24. The van der Waals surface area contributed by atoms with E-state index in [9.17, 15) is 4.39 Å². The number of halogens is 2. The van der Waals surface area contributed by atoms with Crippen molar-refractivity contribution in [3.8, 4) is 0 Å². The molecule has 1 atom stereocenters. The molecule has 2 aromatic heterocycles. The Kier molecular flexibility index (Phi) is 3.40. The normalized spacial score (nSPS) is 12.9. The van der Waals surface area contributed by atoms with Crippen molar-refractivity contribution in [1.29, 1.82) is 0 Å². The highest BCUT2D eigenvalue weighted by Gasteiger charge is 2.17. The first kappa shape index (κ1) is 13.1. The quantitative estimate of drug-likeness (QED) is 0.694. The molecule has 3 aromatic rings. The van der Waals surface area contributed by atoms with Crippen molar-refractivity contribution in [2.45, 2.75) is 25.3 Å². The van der Waals surface area contributed by atoms with Gasteiger partial charge in [-0.3, -0.25) is 0 Å². The van der Waals surface area contributed by atoms with Gasteiger partial charge in [0.05, 0.1) is 10.9 Å². The van der Waals surface area contributed by atoms with Crippen LogP contribution in [0.1, 0.15) is 24.0 Å². The number of alkyl halides is 1. The summed E-state index contributed by atoms with van der Waals surface area (Å²) in [6.45, 7) is 2.36. The molecular weight excluding hydrogens is 283 g/mol. The maximum Gasteiger partial charge on any atom is 0.228 e. The maximum atomic E-state index is 13.8. The zero-order valence-electron chi connectivity index (χ0n) is 10.8. The number of hydrogen-bond donors (Lipinski definition) is 0. The van der Waals surface area contributed by atoms with Crippen molar-refractivity contribution < 1.29 is 8.91 Å². The topological polar surface area (TPSA) is 56.7 Å². The number of hydrogen-bond acceptors (Lipinski definition) is 4. The van der Waals surface area contributed by atoms with E-state index in [1.807, 2.05) is 17.6 Å². The average molecular weight is 295 g/mol. The molecule has 1 aromatic carbocycles. The van der Waals surface area contributed by atoms with E-state index < -0.39 is 0 Å². The zero-order chi connectivity index (χ0) is 14.1. The zero-order valence-corrected chi connectivity index (χ0v) is 11.5. The van der Waals surface area contributed by atoms with Gasteiger partial charge in [0.25, 0.3) is 0 Å². The Labute approximate surface area is 119 Å². The van der Waals surface area contributed by atoms with Crippen molar-refractivity contribution in [3.05, 3.63) is 42.1 Å². The van der Waals surface area contributed by atoms with Crippen LogP contribution in [0.5, 0.6) is 0 Å². The number of fused-ring (bicyclic) bond motifs is 1. The highest BCUT2D eigenvalue weighted by Crippen LogP contribution is 2.26. The molecule has 1 unspecified atom stereocenters. The van der Waals surface area contributed by atoms with E-state index in [1.165, 1.54) is 12.4 Å². The summed E-state index contributed by atoms with van der Waals surface area (Å²) < 4.78 is 20.7. The molecule has 2 heterocycles. The first-order valence-corrected chi connectivity index (χ1v) is 6.64. The molecule has 0 saturated carbocycles. The molecule has 0 fully saturated rings. The van der Waals surface area contributed by atoms with Crippen LogP contribution in [0.4, 0.5) is 4.39 Å². The Hall–Kier alpha value is -1.95. The van der Waals surface area contributed by atoms with Crippen LogP contribution in [-0.4, -0.2) is 19.7 Å². The highest BCUT2D eigenvalue weighted by molar-refractivity contribution is 6.20. The molecule has 7 heteroatoms. The molecule has 0 aliphatic carbocycles. The fourth-order valence-electron chi connectivity index (χ4n) is 2.18. The van der Waals surface area contributed by atoms with Crippen LogP contribution < -0.4 is 0 Å². The minimum Gasteiger partial charge on any atom is -0.340 e. The molecule has 0 saturated heterocycles. The third kappa shape index (κ3) is 2.27. The Morgan fingerprint density at radius 1 is 1.45 bits per heavy atom. The number of rotatable bonds is 4. The van der Waals surface area contributed by atoms with Gasteiger partial charge >= 0.3 is 0 Å². The van der Waals surface area contributed by atoms with Crippen molar-refractivity contribution >= 4 is 22.6 Å². The Balaban J connectivity index is 2.02. The lowest BCUT2D eigenvalue weighted by molar-refractivity contribution is 0.371. The molecule has 0 radical (unpaired) electrons. The smallest absolute Gasteiger partial charge is 0.228 e. The van der Waals surface area contributed by atoms with E-state index in [-0.39, 0.29) is 11.2 Å². The van der Waals surface area contributed by atoms with Gasteiger partial charge in [0.2, 0.25) is 5.89 Å². The summed E-state index contributed by atoms with van der Waals surface area (Å²) in [6, 6.07) is 4.87. The van der Waals surface area contributed by atoms with E-state index in [4.69, 9.17) is 16.1 Å². The molecule has 3 rings (SSSR count). The first-order valence-electron chi connectivity index (χ1n) is 6.21. The molecule has 0 amide bonds. The Morgan fingerprint density at radius 3 is 3.00 bits per heavy atom. The first-order chi connectivity index (χ1) is 9.66. The summed E-state index contributed by atoms with van der Waals surface area (Å²) in [4.78, 5) is 8.27. The molecular formula is C13H12ClFN4O. The van der Waals surface area contributed by atoms with Gasteiger partial charge < -0.3 is 9.09 Å². The van der Waals surface area contributed by atoms with Gasteiger partial charge in [-0.2, -0.15) is 4.98 Å². The molecule has 20 heavy (non-hydrogen) atoms. The van der Waals surface area contributed by atoms with Crippen LogP contribution in [0.25, 0.3) is 11.0 Å². The standard InChI is InChI=1S/C13H12ClFN4O/c1-8(14)13-18-12-9(15)3-2-4-10(12)19(13)6-5-11-16-7-17-20-11/h2-4,7-8H,5-6H2,1H3. The lowest BCUT2D eigenvalue weighted by Crippen LogP contribution is -2.07. The molecule has 0 aliphatic heterocycles. The van der Waals surface area contributed by atoms with E-state index in [1.54, 1.807) is 6.07 Å². The lowest BCUT2D eigenvalue weighted by atomic mass is 10.3. The third-order valence-electron chi connectivity index (χ3n) is 3.07. The van der Waals surface area contributed by atoms with Crippen LogP contribution in [0, 0.1) is 5.82 Å². The Bertz CT molecular complexity index is 723. The van der Waals surface area contributed by atoms with E-state index in [0.29, 0.717) is 35.7 Å². The summed E-state index contributed by atoms with van der Waals surface area (Å²) in [5.41, 5.74) is 1.05. The van der Waals surface area contributed by atoms with Crippen molar-refractivity contribution in [2.75, 3.05) is 0 Å². The van der Waals surface area contributed by atoms with Crippen LogP contribution in [0.15, 0.2) is 29.0 Å². The Morgan fingerprint density at radius 2 is 2.30 bits per heavy atom. The van der Waals surface area contributed by atoms with Gasteiger partial charge in [-0.1, -0.05) is 11.2 Å². The van der Waals surface area contributed by atoms with Crippen molar-refractivity contribution in [2.24, 2.45) is 0 Å². The molecule has 0 N–H and O–H groups in total. The van der Waals surface area contributed by atoms with Crippen LogP contribution in [-0.2, 0) is 13.0 Å². The van der Waals surface area contributed by atoms with Crippen LogP contribution >= 0.6 is 11.6 Å². The molecule has 0 bridgehead atoms. The second-order valence-corrected chi connectivity index (χ2v) is 5.08. The number of imidazole rings is 1. The fourth-order valence-corrected chi connectivity index (χ4v) is 2.35. The van der Waals surface area contributed by atoms with E-state index in [0.717, 1.165) is 0 Å². The van der Waals surface area contributed by atoms with Gasteiger partial charge in [-0.25, -0.2) is 9.37 Å². The number of para-hydroxylation sites is 1. The SMILES string of the molecule is CC(Cl)c1nc2c(F)cccc2n1CCc1ncno1. The van der Waals surface area contributed by atoms with E-state index >= 15 is 0 Å². The van der Waals surface area contributed by atoms with Gasteiger partial charge in [0.15, 0.2) is 12.1 Å². The van der Waals surface area contributed by atoms with E-state index in [2.05, 4.69) is 15.1 Å². The number of aryl methyl sites for hydroxylation is 2. The van der Waals surface area contributed by atoms with Crippen molar-refractivity contribution in [1.82, 2.24) is 19.7 Å². The summed E-state index contributed by atoms with van der Waals surface area (Å²) in [7, 11) is 0. The summed E-state index contributed by atoms with van der Waals surface area (Å²) >= 11 is 6.14. The number of nitrogens with zero attached hydrogens (tertiary/aromatic N) is 4. The lowest BCUT2D eigenvalue weighted by Gasteiger charge is -2.08. The highest BCUT2D eigenvalue weighted by atomic mass is 35.5. The molecule has 0 aliphatic rings. The molecule has 5 nitrogen and oxygen atoms in total. The molecule has 0 spiro atoms. The minimum atomic E-state index is -0.349. The van der Waals surface area contributed by atoms with Gasteiger partial charge in [0, 0.05) is 13.0 Å². The minimum absolute atomic E-state index is 0.315. The van der Waals surface area contributed by atoms with Gasteiger partial charge in [-0.15, -0.1) is 11.6 Å². The van der Waals surface area contributed by atoms with Crippen LogP contribution in [0.2, 0.25) is 0 Å². The van der Waals surface area contributed by atoms with Gasteiger partial charge in [-0.05, 0) is 19.1 Å². The molecule has 104 valence electrons. The van der Waals surface area contributed by atoms with Gasteiger partial charge in [0.1, 0.15) is 11.3 Å². The largest absolute Gasteiger partial charge is 0.340 e. The van der Waals surface area contributed by atoms with Crippen molar-refractivity contribution in [3.63, 3.8) is 0 Å². The number of benzene rings is 1. The van der Waals surface area contributed by atoms with Crippen LogP contribution in [0.3, 0.4) is 0 Å². The maximum absolute atomic E-state index is 13.8. The monoisotopic (exact) mass is 294 g/mol. The third-order valence-corrected chi connectivity index (χ3v) is 3.27. The fraction of sp³-hybridized carbons (Fsp3) is 0.308. The second kappa shape index (κ2) is 5.20. The second-order valence-electron chi connectivity index (χ2n) is 4.43. The number of aromatic nitrogens is 4. The predicted octanol–water partition coefficient (Wildman–Crippen LogP) is 3.10. The average Bonchev–Trinajstić information content (AvgIpc) is 3.03. The predicted molar refractivity (Wildman–Crippen MR) is 72.0 cm³/mol. The summed E-state index contributed by atoms with van der Waals surface area (Å²) in [6.07, 6.45) is 1.89. The summed E-state index contributed by atoms with van der Waals surface area (Å²) in [5.74, 6) is 0.806.